The van der Waals surface area contributed by atoms with E-state index < -0.39 is 20.4 Å². The van der Waals surface area contributed by atoms with E-state index in [9.17, 15) is 9.59 Å². The number of carbonyl (C=O) groups is 2. The van der Waals surface area contributed by atoms with Crippen LogP contribution < -0.4 is 0 Å². The Morgan fingerprint density at radius 1 is 1.21 bits per heavy atom. The zero-order chi connectivity index (χ0) is 21.7. The monoisotopic (exact) mass is 423 g/mol. The van der Waals surface area contributed by atoms with Crippen LogP contribution in [-0.2, 0) is 25.3 Å². The summed E-state index contributed by atoms with van der Waals surface area (Å²) in [6.07, 6.45) is -0.245. The molecule has 0 unspecified atom stereocenters. The summed E-state index contributed by atoms with van der Waals surface area (Å²) in [6.45, 7) is 11.3. The second kappa shape index (κ2) is 9.73. The third kappa shape index (κ3) is 6.83. The lowest BCUT2D eigenvalue weighted by Gasteiger charge is -2.37. The Bertz CT molecular complexity index is 688. The summed E-state index contributed by atoms with van der Waals surface area (Å²) in [5.41, 5.74) is 0.910. The van der Waals surface area contributed by atoms with E-state index >= 15 is 0 Å². The minimum atomic E-state index is -1.98. The fraction of sp³-hybridized carbons (Fsp3) is 0.619. The van der Waals surface area contributed by atoms with Crippen LogP contribution in [-0.4, -0.2) is 62.3 Å². The van der Waals surface area contributed by atoms with Gasteiger partial charge < -0.3 is 23.9 Å². The van der Waals surface area contributed by atoms with Crippen molar-refractivity contribution in [3.63, 3.8) is 0 Å². The van der Waals surface area contributed by atoms with Crippen molar-refractivity contribution in [3.05, 3.63) is 35.9 Å². The van der Waals surface area contributed by atoms with Gasteiger partial charge in [-0.1, -0.05) is 51.1 Å². The van der Waals surface area contributed by atoms with Crippen molar-refractivity contribution in [1.82, 2.24) is 4.90 Å². The molecule has 7 nitrogen and oxygen atoms in total. The van der Waals surface area contributed by atoms with Crippen molar-refractivity contribution in [2.24, 2.45) is 0 Å². The number of rotatable bonds is 8. The van der Waals surface area contributed by atoms with Gasteiger partial charge in [-0.2, -0.15) is 0 Å². The maximum atomic E-state index is 12.7. The normalized spacial score (nSPS) is 20.0. The van der Waals surface area contributed by atoms with Gasteiger partial charge in [0.1, 0.15) is 13.2 Å². The SMILES string of the molecule is CC(C)(C)[Si](C)(C)OC[C@@H]1C[C@@H](OCC(=O)O)CN1C(=O)OCc1ccccc1. The molecule has 162 valence electrons. The molecule has 1 heterocycles. The topological polar surface area (TPSA) is 85.3 Å². The number of likely N-dealkylation sites (tertiary alicyclic amines) is 1. The van der Waals surface area contributed by atoms with Crippen molar-refractivity contribution in [1.29, 1.82) is 0 Å². The van der Waals surface area contributed by atoms with Gasteiger partial charge in [-0.3, -0.25) is 0 Å². The number of amides is 1. The highest BCUT2D eigenvalue weighted by atomic mass is 28.4. The van der Waals surface area contributed by atoms with E-state index in [0.29, 0.717) is 19.6 Å². The molecule has 1 fully saturated rings. The highest BCUT2D eigenvalue weighted by molar-refractivity contribution is 6.74. The highest BCUT2D eigenvalue weighted by Crippen LogP contribution is 2.37. The maximum absolute atomic E-state index is 12.7. The molecule has 1 aromatic rings. The second-order valence-electron chi connectivity index (χ2n) is 8.98. The summed E-state index contributed by atoms with van der Waals surface area (Å²) in [6, 6.07) is 9.29. The van der Waals surface area contributed by atoms with Crippen LogP contribution >= 0.6 is 0 Å². The summed E-state index contributed by atoms with van der Waals surface area (Å²) in [5.74, 6) is -1.02. The van der Waals surface area contributed by atoms with Crippen LogP contribution in [0.3, 0.4) is 0 Å². The predicted molar refractivity (Wildman–Crippen MR) is 112 cm³/mol. The first-order chi connectivity index (χ1) is 13.5. The first kappa shape index (κ1) is 23.4. The molecule has 0 saturated carbocycles. The Hall–Kier alpha value is -1.90. The van der Waals surface area contributed by atoms with E-state index in [2.05, 4.69) is 33.9 Å². The average Bonchev–Trinajstić information content (AvgIpc) is 3.06. The third-order valence-corrected chi connectivity index (χ3v) is 10.2. The smallest absolute Gasteiger partial charge is 0.410 e. The molecule has 1 saturated heterocycles. The van der Waals surface area contributed by atoms with E-state index in [0.717, 1.165) is 5.56 Å². The number of hydrogen-bond donors (Lipinski definition) is 1. The standard InChI is InChI=1S/C21H33NO6Si/c1-21(2,3)29(4,5)28-14-17-11-18(26-15-19(23)24)12-22(17)20(25)27-13-16-9-7-6-8-10-16/h6-10,17-18H,11-15H2,1-5H3,(H,23,24)/t17-,18+/m0/s1. The number of carboxylic acid groups (broad SMARTS) is 1. The fourth-order valence-corrected chi connectivity index (χ4v) is 3.93. The number of carbonyl (C=O) groups excluding carboxylic acids is 1. The Morgan fingerprint density at radius 2 is 1.86 bits per heavy atom. The molecular weight excluding hydrogens is 390 g/mol. The van der Waals surface area contributed by atoms with Crippen molar-refractivity contribution >= 4 is 20.4 Å². The summed E-state index contributed by atoms with van der Waals surface area (Å²) >= 11 is 0. The molecule has 1 N–H and O–H groups in total. The third-order valence-electron chi connectivity index (χ3n) is 5.70. The van der Waals surface area contributed by atoms with Crippen LogP contribution in [0.15, 0.2) is 30.3 Å². The first-order valence-corrected chi connectivity index (χ1v) is 12.8. The molecular formula is C21H33NO6Si. The molecule has 1 aromatic carbocycles. The molecule has 0 radical (unpaired) electrons. The zero-order valence-electron chi connectivity index (χ0n) is 18.0. The largest absolute Gasteiger partial charge is 0.480 e. The van der Waals surface area contributed by atoms with Crippen LogP contribution in [0.2, 0.25) is 18.1 Å². The fourth-order valence-electron chi connectivity index (χ4n) is 2.89. The van der Waals surface area contributed by atoms with Crippen molar-refractivity contribution in [2.75, 3.05) is 19.8 Å². The predicted octanol–water partition coefficient (Wildman–Crippen LogP) is 3.89. The number of nitrogens with zero attached hydrogens (tertiary/aromatic N) is 1. The van der Waals surface area contributed by atoms with Gasteiger partial charge in [0.15, 0.2) is 8.32 Å². The molecule has 8 heteroatoms. The Balaban J connectivity index is 2.01. The van der Waals surface area contributed by atoms with E-state index in [4.69, 9.17) is 19.0 Å². The number of aliphatic carboxylic acids is 1. The molecule has 29 heavy (non-hydrogen) atoms. The Morgan fingerprint density at radius 3 is 2.45 bits per heavy atom. The minimum absolute atomic E-state index is 0.0590. The van der Waals surface area contributed by atoms with Crippen LogP contribution in [0.5, 0.6) is 0 Å². The van der Waals surface area contributed by atoms with Gasteiger partial charge in [-0.05, 0) is 30.1 Å². The van der Waals surface area contributed by atoms with Gasteiger partial charge in [0.25, 0.3) is 0 Å². The first-order valence-electron chi connectivity index (χ1n) is 9.94. The lowest BCUT2D eigenvalue weighted by molar-refractivity contribution is -0.144. The molecule has 1 amide bonds. The average molecular weight is 424 g/mol. The minimum Gasteiger partial charge on any atom is -0.480 e. The van der Waals surface area contributed by atoms with Gasteiger partial charge in [0, 0.05) is 0 Å². The lowest BCUT2D eigenvalue weighted by atomic mass is 10.2. The van der Waals surface area contributed by atoms with E-state index in [1.807, 2.05) is 30.3 Å². The van der Waals surface area contributed by atoms with Crippen molar-refractivity contribution < 1.29 is 28.6 Å². The van der Waals surface area contributed by atoms with Crippen LogP contribution in [0.1, 0.15) is 32.8 Å². The number of carboxylic acids is 1. The quantitative estimate of drug-likeness (QED) is 0.639. The van der Waals surface area contributed by atoms with Crippen LogP contribution in [0.4, 0.5) is 4.79 Å². The zero-order valence-corrected chi connectivity index (χ0v) is 19.0. The van der Waals surface area contributed by atoms with E-state index in [1.165, 1.54) is 0 Å². The summed E-state index contributed by atoms with van der Waals surface area (Å²) in [4.78, 5) is 25.2. The van der Waals surface area contributed by atoms with Gasteiger partial charge in [0.05, 0.1) is 25.3 Å². The van der Waals surface area contributed by atoms with Crippen molar-refractivity contribution in [3.8, 4) is 0 Å². The van der Waals surface area contributed by atoms with E-state index in [-0.39, 0.29) is 30.4 Å². The summed E-state index contributed by atoms with van der Waals surface area (Å²) in [7, 11) is -1.98. The molecule has 0 aromatic heterocycles. The summed E-state index contributed by atoms with van der Waals surface area (Å²) < 4.78 is 17.2. The second-order valence-corrected chi connectivity index (χ2v) is 13.8. The molecule has 0 bridgehead atoms. The number of benzene rings is 1. The van der Waals surface area contributed by atoms with Crippen LogP contribution in [0, 0.1) is 0 Å². The van der Waals surface area contributed by atoms with Crippen molar-refractivity contribution in [2.45, 2.75) is 64.1 Å². The van der Waals surface area contributed by atoms with Gasteiger partial charge in [-0.15, -0.1) is 0 Å². The number of hydrogen-bond acceptors (Lipinski definition) is 5. The molecule has 1 aliphatic heterocycles. The molecule has 2 rings (SSSR count). The Labute approximate surface area is 174 Å². The van der Waals surface area contributed by atoms with Gasteiger partial charge >= 0.3 is 12.1 Å². The summed E-state index contributed by atoms with van der Waals surface area (Å²) in [5, 5.41) is 8.93. The Kier molecular flexibility index (Phi) is 7.84. The lowest BCUT2D eigenvalue weighted by Crippen LogP contribution is -2.46. The molecule has 0 aliphatic carbocycles. The van der Waals surface area contributed by atoms with E-state index in [1.54, 1.807) is 4.90 Å². The highest BCUT2D eigenvalue weighted by Gasteiger charge is 2.41. The maximum Gasteiger partial charge on any atom is 0.410 e. The van der Waals surface area contributed by atoms with Gasteiger partial charge in [-0.25, -0.2) is 9.59 Å². The van der Waals surface area contributed by atoms with Crippen LogP contribution in [0.25, 0.3) is 0 Å². The molecule has 1 aliphatic rings. The molecule has 0 spiro atoms. The number of ether oxygens (including phenoxy) is 2. The van der Waals surface area contributed by atoms with Gasteiger partial charge in [0.2, 0.25) is 0 Å². The molecule has 2 atom stereocenters.